The van der Waals surface area contributed by atoms with Crippen molar-refractivity contribution in [3.8, 4) is 0 Å². The molecule has 0 aromatic heterocycles. The van der Waals surface area contributed by atoms with Gasteiger partial charge in [-0.1, -0.05) is 44.0 Å². The van der Waals surface area contributed by atoms with E-state index in [9.17, 15) is 0 Å². The average molecular weight is 247 g/mol. The molecule has 0 radical (unpaired) electrons. The predicted molar refractivity (Wildman–Crippen MR) is 75.5 cm³/mol. The summed E-state index contributed by atoms with van der Waals surface area (Å²) in [4.78, 5) is 0. The molecule has 1 aliphatic rings. The number of nitrogens with one attached hydrogen (secondary N) is 1. The van der Waals surface area contributed by atoms with Gasteiger partial charge in [0.05, 0.1) is 6.61 Å². The van der Waals surface area contributed by atoms with Crippen molar-refractivity contribution in [1.29, 1.82) is 0 Å². The van der Waals surface area contributed by atoms with Gasteiger partial charge in [-0.15, -0.1) is 0 Å². The van der Waals surface area contributed by atoms with Crippen LogP contribution < -0.4 is 5.32 Å². The third-order valence-electron chi connectivity index (χ3n) is 3.43. The molecule has 1 fully saturated rings. The molecule has 2 rings (SSSR count). The first kappa shape index (κ1) is 13.6. The van der Waals surface area contributed by atoms with E-state index in [1.165, 1.54) is 43.2 Å². The van der Waals surface area contributed by atoms with Crippen LogP contribution in [0.5, 0.6) is 0 Å². The molecule has 1 aliphatic carbocycles. The molecule has 1 aromatic rings. The second-order valence-corrected chi connectivity index (χ2v) is 5.18. The molecule has 0 heterocycles. The molecular weight excluding hydrogens is 222 g/mol. The van der Waals surface area contributed by atoms with Gasteiger partial charge in [-0.25, -0.2) is 0 Å². The van der Waals surface area contributed by atoms with Crippen LogP contribution in [0, 0.1) is 0 Å². The smallest absolute Gasteiger partial charge is 0.0720 e. The third kappa shape index (κ3) is 4.79. The standard InChI is InChI=1S/C16H25NO/c1-2-3-6-11-18-13-15-8-5-4-7-14(15)12-17-16-9-10-16/h4-5,7-8,16-17H,2-3,6,9-13H2,1H3. The molecule has 100 valence electrons. The van der Waals surface area contributed by atoms with E-state index in [4.69, 9.17) is 4.74 Å². The second kappa shape index (κ2) is 7.55. The second-order valence-electron chi connectivity index (χ2n) is 5.18. The molecule has 1 aromatic carbocycles. The fourth-order valence-corrected chi connectivity index (χ4v) is 2.05. The van der Waals surface area contributed by atoms with Crippen molar-refractivity contribution in [2.75, 3.05) is 6.61 Å². The number of hydrogen-bond acceptors (Lipinski definition) is 2. The van der Waals surface area contributed by atoms with Crippen molar-refractivity contribution in [1.82, 2.24) is 5.32 Å². The van der Waals surface area contributed by atoms with Crippen molar-refractivity contribution in [2.45, 2.75) is 58.2 Å². The fraction of sp³-hybridized carbons (Fsp3) is 0.625. The van der Waals surface area contributed by atoms with Gasteiger partial charge in [-0.2, -0.15) is 0 Å². The van der Waals surface area contributed by atoms with Crippen molar-refractivity contribution in [3.63, 3.8) is 0 Å². The van der Waals surface area contributed by atoms with E-state index in [0.717, 1.165) is 25.8 Å². The summed E-state index contributed by atoms with van der Waals surface area (Å²) < 4.78 is 5.76. The Hall–Kier alpha value is -0.860. The first-order valence-electron chi connectivity index (χ1n) is 7.28. The molecular formula is C16H25NO. The van der Waals surface area contributed by atoms with Crippen LogP contribution in [0.3, 0.4) is 0 Å². The summed E-state index contributed by atoms with van der Waals surface area (Å²) in [7, 11) is 0. The highest BCUT2D eigenvalue weighted by Gasteiger charge is 2.20. The Morgan fingerprint density at radius 1 is 1.17 bits per heavy atom. The van der Waals surface area contributed by atoms with Crippen LogP contribution in [-0.2, 0) is 17.9 Å². The monoisotopic (exact) mass is 247 g/mol. The minimum Gasteiger partial charge on any atom is -0.377 e. The summed E-state index contributed by atoms with van der Waals surface area (Å²) in [6.45, 7) is 4.85. The molecule has 0 atom stereocenters. The van der Waals surface area contributed by atoms with Crippen LogP contribution >= 0.6 is 0 Å². The van der Waals surface area contributed by atoms with E-state index in [1.54, 1.807) is 0 Å². The Bertz CT molecular complexity index is 347. The summed E-state index contributed by atoms with van der Waals surface area (Å²) in [6, 6.07) is 9.38. The quantitative estimate of drug-likeness (QED) is 0.673. The number of benzene rings is 1. The van der Waals surface area contributed by atoms with Crippen LogP contribution in [0.2, 0.25) is 0 Å². The maximum atomic E-state index is 5.76. The van der Waals surface area contributed by atoms with Gasteiger partial charge in [0.2, 0.25) is 0 Å². The van der Waals surface area contributed by atoms with Crippen LogP contribution in [0.4, 0.5) is 0 Å². The number of rotatable bonds is 9. The molecule has 1 saturated carbocycles. The van der Waals surface area contributed by atoms with Gasteiger partial charge in [0.25, 0.3) is 0 Å². The van der Waals surface area contributed by atoms with Crippen LogP contribution in [-0.4, -0.2) is 12.6 Å². The Labute approximate surface area is 111 Å². The molecule has 0 aliphatic heterocycles. The van der Waals surface area contributed by atoms with Gasteiger partial charge in [-0.05, 0) is 30.4 Å². The third-order valence-corrected chi connectivity index (χ3v) is 3.43. The zero-order valence-corrected chi connectivity index (χ0v) is 11.5. The van der Waals surface area contributed by atoms with Gasteiger partial charge in [0.15, 0.2) is 0 Å². The Morgan fingerprint density at radius 3 is 2.67 bits per heavy atom. The summed E-state index contributed by atoms with van der Waals surface area (Å²) in [5.74, 6) is 0. The summed E-state index contributed by atoms with van der Waals surface area (Å²) in [5, 5.41) is 3.57. The van der Waals surface area contributed by atoms with E-state index in [-0.39, 0.29) is 0 Å². The van der Waals surface area contributed by atoms with Gasteiger partial charge in [-0.3, -0.25) is 0 Å². The minimum atomic E-state index is 0.756. The molecule has 0 unspecified atom stereocenters. The molecule has 0 amide bonds. The SMILES string of the molecule is CCCCCOCc1ccccc1CNC1CC1. The lowest BCUT2D eigenvalue weighted by molar-refractivity contribution is 0.116. The average Bonchev–Trinajstić information content (AvgIpc) is 3.21. The lowest BCUT2D eigenvalue weighted by atomic mass is 10.1. The molecule has 18 heavy (non-hydrogen) atoms. The van der Waals surface area contributed by atoms with E-state index >= 15 is 0 Å². The first-order valence-corrected chi connectivity index (χ1v) is 7.28. The van der Waals surface area contributed by atoms with Gasteiger partial charge in [0, 0.05) is 19.2 Å². The van der Waals surface area contributed by atoms with Crippen LogP contribution in [0.15, 0.2) is 24.3 Å². The summed E-state index contributed by atoms with van der Waals surface area (Å²) in [5.41, 5.74) is 2.72. The highest BCUT2D eigenvalue weighted by atomic mass is 16.5. The van der Waals surface area contributed by atoms with E-state index < -0.39 is 0 Å². The zero-order chi connectivity index (χ0) is 12.6. The normalized spacial score (nSPS) is 14.9. The number of hydrogen-bond donors (Lipinski definition) is 1. The number of ether oxygens (including phenoxy) is 1. The van der Waals surface area contributed by atoms with Gasteiger partial charge >= 0.3 is 0 Å². The topological polar surface area (TPSA) is 21.3 Å². The van der Waals surface area contributed by atoms with Crippen LogP contribution in [0.25, 0.3) is 0 Å². The molecule has 2 nitrogen and oxygen atoms in total. The Balaban J connectivity index is 1.74. The molecule has 0 spiro atoms. The predicted octanol–water partition coefficient (Wildman–Crippen LogP) is 3.65. The Kier molecular flexibility index (Phi) is 5.69. The summed E-state index contributed by atoms with van der Waals surface area (Å²) >= 11 is 0. The maximum Gasteiger partial charge on any atom is 0.0720 e. The highest BCUT2D eigenvalue weighted by molar-refractivity contribution is 5.26. The van der Waals surface area contributed by atoms with Crippen molar-refractivity contribution >= 4 is 0 Å². The molecule has 0 saturated heterocycles. The molecule has 0 bridgehead atoms. The highest BCUT2D eigenvalue weighted by Crippen LogP contribution is 2.20. The minimum absolute atomic E-state index is 0.756. The number of unbranched alkanes of at least 4 members (excludes halogenated alkanes) is 2. The summed E-state index contributed by atoms with van der Waals surface area (Å²) in [6.07, 6.45) is 6.39. The lowest BCUT2D eigenvalue weighted by Gasteiger charge is -2.10. The van der Waals surface area contributed by atoms with Crippen LogP contribution in [0.1, 0.15) is 50.2 Å². The van der Waals surface area contributed by atoms with Crippen molar-refractivity contribution in [3.05, 3.63) is 35.4 Å². The largest absolute Gasteiger partial charge is 0.377 e. The Morgan fingerprint density at radius 2 is 1.94 bits per heavy atom. The maximum absolute atomic E-state index is 5.76. The lowest BCUT2D eigenvalue weighted by Crippen LogP contribution is -2.16. The van der Waals surface area contributed by atoms with E-state index in [2.05, 4.69) is 36.5 Å². The van der Waals surface area contributed by atoms with E-state index in [0.29, 0.717) is 0 Å². The molecule has 1 N–H and O–H groups in total. The molecule has 2 heteroatoms. The zero-order valence-electron chi connectivity index (χ0n) is 11.5. The first-order chi connectivity index (χ1) is 8.90. The fourth-order valence-electron chi connectivity index (χ4n) is 2.05. The van der Waals surface area contributed by atoms with Gasteiger partial charge < -0.3 is 10.1 Å². The van der Waals surface area contributed by atoms with Crippen molar-refractivity contribution in [2.24, 2.45) is 0 Å². The van der Waals surface area contributed by atoms with Crippen molar-refractivity contribution < 1.29 is 4.74 Å². The van der Waals surface area contributed by atoms with Gasteiger partial charge in [0.1, 0.15) is 0 Å². The van der Waals surface area contributed by atoms with E-state index in [1.807, 2.05) is 0 Å².